The summed E-state index contributed by atoms with van der Waals surface area (Å²) in [5.74, 6) is 0.655. The molecule has 8 aromatic rings. The Hall–Kier alpha value is -7.93. The number of ether oxygens (including phenoxy) is 2. The number of benzene rings is 2. The highest BCUT2D eigenvalue weighted by atomic mass is 16.6. The molecule has 1 saturated heterocycles. The number of nitrogens with zero attached hydrogens (tertiary/aromatic N) is 11. The topological polar surface area (TPSA) is 274 Å². The van der Waals surface area contributed by atoms with E-state index in [9.17, 15) is 14.4 Å². The van der Waals surface area contributed by atoms with Gasteiger partial charge in [-0.1, -0.05) is 19.1 Å². The predicted octanol–water partition coefficient (Wildman–Crippen LogP) is 7.78. The summed E-state index contributed by atoms with van der Waals surface area (Å²) in [5.41, 5.74) is 16.9. The maximum atomic E-state index is 12.9. The molecule has 1 aliphatic heterocycles. The Balaban J connectivity index is 0.000000232. The summed E-state index contributed by atoms with van der Waals surface area (Å²) in [5, 5.41) is 23.5. The number of hydrogen-bond donors (Lipinski definition) is 7. The Morgan fingerprint density at radius 3 is 1.86 bits per heavy atom. The van der Waals surface area contributed by atoms with E-state index in [1.165, 1.54) is 11.1 Å². The van der Waals surface area contributed by atoms with E-state index in [0.29, 0.717) is 67.2 Å². The number of hydrogen-bond acceptors (Lipinski definition) is 16. The van der Waals surface area contributed by atoms with Gasteiger partial charge in [0.05, 0.1) is 30.0 Å². The first-order valence-corrected chi connectivity index (χ1v) is 29.2. The molecule has 0 radical (unpaired) electrons. The SMILES string of the molecule is CCN(Cc1cncc(-c2ccc3c(c2)c(-c2ncc(C(=O)NCCN(C)C)[nH]2)nn3C2CCCCO2)c1C)C(=O)OC(C)(C)C.CCNCc1cncc(-c2ccc3[nH]nc(-c4ncc(C(=O)NCCN(C)C)[nH]4)c3c2)c1C.CN(C)CCN. The molecule has 1 fully saturated rings. The highest BCUT2D eigenvalue weighted by molar-refractivity contribution is 5.98. The monoisotopic (exact) mass is 1160 g/mol. The normalized spacial score (nSPS) is 13.4. The Morgan fingerprint density at radius 2 is 1.32 bits per heavy atom. The predicted molar refractivity (Wildman–Crippen MR) is 335 cm³/mol. The van der Waals surface area contributed by atoms with Crippen molar-refractivity contribution < 1.29 is 23.9 Å². The van der Waals surface area contributed by atoms with Gasteiger partial charge >= 0.3 is 6.09 Å². The van der Waals surface area contributed by atoms with Gasteiger partial charge in [-0.15, -0.1) is 0 Å². The van der Waals surface area contributed by atoms with Gasteiger partial charge in [-0.2, -0.15) is 10.2 Å². The molecule has 1 aliphatic rings. The molecule has 7 heterocycles. The molecule has 23 nitrogen and oxygen atoms in total. The first-order valence-electron chi connectivity index (χ1n) is 29.2. The van der Waals surface area contributed by atoms with Crippen LogP contribution >= 0.6 is 0 Å². The number of aromatic nitrogens is 10. The van der Waals surface area contributed by atoms with E-state index < -0.39 is 5.60 Å². The number of nitrogens with one attached hydrogen (secondary N) is 6. The van der Waals surface area contributed by atoms with Crippen molar-refractivity contribution in [2.24, 2.45) is 5.73 Å². The second-order valence-corrected chi connectivity index (χ2v) is 22.9. The van der Waals surface area contributed by atoms with Gasteiger partial charge in [-0.3, -0.25) is 24.7 Å². The van der Waals surface area contributed by atoms with Gasteiger partial charge in [0.1, 0.15) is 28.4 Å². The first kappa shape index (κ1) is 64.6. The number of pyridine rings is 2. The van der Waals surface area contributed by atoms with Crippen LogP contribution < -0.4 is 21.7 Å². The standard InChI is InChI=1S/C34H46N8O4.C24H30N8O.C4H12N2/c1-8-41(33(44)46-34(3,4)5)21-24-18-35-19-26(22(24)2)23-12-13-28-25(17-23)30(39-42(28)29-11-9-10-16-45-29)31-37-20-27(38-31)32(43)36-14-15-40(6)7;1-5-25-11-17-12-26-13-19(15(17)2)16-6-7-20-18(10-16)22(31-30-20)23-28-14-21(29-23)24(33)27-8-9-32(3)4;1-6(2)4-3-5/h12-13,17-20,29H,8-11,14-16,21H2,1-7H3,(H,36,43)(H,37,38);6-7,10,12-14,25H,5,8-9,11H2,1-4H3,(H,27,33)(H,28,29)(H,30,31);3-5H2,1-2H3. The highest BCUT2D eigenvalue weighted by Gasteiger charge is 2.26. The number of rotatable bonds is 21. The highest BCUT2D eigenvalue weighted by Crippen LogP contribution is 2.36. The van der Waals surface area contributed by atoms with Gasteiger partial charge < -0.3 is 60.7 Å². The molecule has 3 amide bonds. The van der Waals surface area contributed by atoms with E-state index in [-0.39, 0.29) is 24.1 Å². The molecule has 85 heavy (non-hydrogen) atoms. The summed E-state index contributed by atoms with van der Waals surface area (Å²) in [6.07, 6.45) is 13.0. The Kier molecular flexibility index (Phi) is 23.0. The number of amides is 3. The molecule has 9 rings (SSSR count). The van der Waals surface area contributed by atoms with Crippen molar-refractivity contribution in [3.8, 4) is 45.3 Å². The number of carbonyl (C=O) groups excluding carboxylic acids is 3. The zero-order valence-corrected chi connectivity index (χ0v) is 51.9. The number of imidazole rings is 2. The third-order valence-corrected chi connectivity index (χ3v) is 14.3. The summed E-state index contributed by atoms with van der Waals surface area (Å²) >= 11 is 0. The van der Waals surface area contributed by atoms with E-state index in [2.05, 4.69) is 105 Å². The van der Waals surface area contributed by atoms with Gasteiger partial charge in [-0.25, -0.2) is 19.4 Å². The van der Waals surface area contributed by atoms with Crippen molar-refractivity contribution >= 4 is 39.7 Å². The lowest BCUT2D eigenvalue weighted by atomic mass is 9.97. The molecule has 0 bridgehead atoms. The lowest BCUT2D eigenvalue weighted by molar-refractivity contribution is -0.0365. The van der Waals surface area contributed by atoms with Crippen molar-refractivity contribution in [1.82, 2.24) is 85.4 Å². The van der Waals surface area contributed by atoms with Crippen molar-refractivity contribution in [2.45, 2.75) is 92.6 Å². The van der Waals surface area contributed by atoms with Crippen molar-refractivity contribution in [1.29, 1.82) is 0 Å². The third-order valence-electron chi connectivity index (χ3n) is 14.3. The van der Waals surface area contributed by atoms with E-state index in [1.807, 2.05) is 122 Å². The number of aromatic amines is 3. The quantitative estimate of drug-likeness (QED) is 0.0362. The average molecular weight is 1170 g/mol. The molecule has 1 unspecified atom stereocenters. The smallest absolute Gasteiger partial charge is 0.410 e. The van der Waals surface area contributed by atoms with E-state index >= 15 is 0 Å². The third kappa shape index (κ3) is 17.4. The molecular formula is C62H88N18O5. The van der Waals surface area contributed by atoms with Gasteiger partial charge in [0, 0.05) is 106 Å². The maximum absolute atomic E-state index is 12.9. The van der Waals surface area contributed by atoms with Gasteiger partial charge in [0.2, 0.25) is 0 Å². The second kappa shape index (κ2) is 30.2. The van der Waals surface area contributed by atoms with Gasteiger partial charge in [0.15, 0.2) is 17.9 Å². The molecule has 0 spiro atoms. The van der Waals surface area contributed by atoms with Crippen molar-refractivity contribution in [2.75, 3.05) is 101 Å². The molecule has 2 aromatic carbocycles. The van der Waals surface area contributed by atoms with Crippen LogP contribution in [0.1, 0.15) is 103 Å². The van der Waals surface area contributed by atoms with Crippen LogP contribution in [0, 0.1) is 13.8 Å². The van der Waals surface area contributed by atoms with E-state index in [0.717, 1.165) is 114 Å². The molecule has 8 N–H and O–H groups in total. The van der Waals surface area contributed by atoms with Gasteiger partial charge in [-0.05, 0) is 167 Å². The zero-order chi connectivity index (χ0) is 61.4. The van der Waals surface area contributed by atoms with E-state index in [1.54, 1.807) is 17.3 Å². The lowest BCUT2D eigenvalue weighted by Crippen LogP contribution is -2.36. The van der Waals surface area contributed by atoms with Crippen LogP contribution in [-0.2, 0) is 22.6 Å². The van der Waals surface area contributed by atoms with Crippen LogP contribution in [0.15, 0.2) is 73.6 Å². The Bertz CT molecular complexity index is 3470. The Morgan fingerprint density at radius 1 is 0.741 bits per heavy atom. The van der Waals surface area contributed by atoms with Crippen LogP contribution in [0.4, 0.5) is 4.79 Å². The lowest BCUT2D eigenvalue weighted by Gasteiger charge is -2.27. The van der Waals surface area contributed by atoms with Crippen molar-refractivity contribution in [3.63, 3.8) is 0 Å². The second-order valence-electron chi connectivity index (χ2n) is 22.9. The summed E-state index contributed by atoms with van der Waals surface area (Å²) in [6, 6.07) is 12.4. The fourth-order valence-electron chi connectivity index (χ4n) is 9.48. The van der Waals surface area contributed by atoms with Gasteiger partial charge in [0.25, 0.3) is 11.8 Å². The minimum absolute atomic E-state index is 0.181. The molecule has 456 valence electrons. The molecule has 0 saturated carbocycles. The van der Waals surface area contributed by atoms with Crippen LogP contribution in [0.2, 0.25) is 0 Å². The number of H-pyrrole nitrogens is 3. The number of carbonyl (C=O) groups is 3. The Labute approximate surface area is 499 Å². The van der Waals surface area contributed by atoms with Crippen LogP contribution in [-0.4, -0.2) is 194 Å². The number of nitrogens with two attached hydrogens (primary N) is 1. The number of fused-ring (bicyclic) bond motifs is 2. The van der Waals surface area contributed by atoms with Crippen molar-refractivity contribution in [3.05, 3.63) is 107 Å². The summed E-state index contributed by atoms with van der Waals surface area (Å²) in [7, 11) is 11.9. The molecule has 1 atom stereocenters. The van der Waals surface area contributed by atoms with Crippen LogP contribution in [0.25, 0.3) is 67.1 Å². The molecular weight excluding hydrogens is 1080 g/mol. The fraction of sp³-hybridized carbons (Fsp3) is 0.468. The average Bonchev–Trinajstić information content (AvgIpc) is 2.02. The molecule has 23 heteroatoms. The number of likely N-dealkylation sites (N-methyl/N-ethyl adjacent to an activating group) is 3. The summed E-state index contributed by atoms with van der Waals surface area (Å²) in [4.78, 5) is 70.1. The van der Waals surface area contributed by atoms with Crippen LogP contribution in [0.5, 0.6) is 0 Å². The largest absolute Gasteiger partial charge is 0.444 e. The molecule has 6 aromatic heterocycles. The summed E-state index contributed by atoms with van der Waals surface area (Å²) < 4.78 is 13.7. The minimum Gasteiger partial charge on any atom is -0.444 e. The summed E-state index contributed by atoms with van der Waals surface area (Å²) in [6.45, 7) is 21.4. The maximum Gasteiger partial charge on any atom is 0.410 e. The fourth-order valence-corrected chi connectivity index (χ4v) is 9.48. The first-order chi connectivity index (χ1) is 40.7. The molecule has 0 aliphatic carbocycles. The van der Waals surface area contributed by atoms with Crippen LogP contribution in [0.3, 0.4) is 0 Å². The zero-order valence-electron chi connectivity index (χ0n) is 51.9. The van der Waals surface area contributed by atoms with E-state index in [4.69, 9.17) is 20.3 Å². The minimum atomic E-state index is -0.579.